The first-order valence-electron chi connectivity index (χ1n) is 6.30. The Morgan fingerprint density at radius 1 is 1.00 bits per heavy atom. The van der Waals surface area contributed by atoms with Crippen molar-refractivity contribution in [2.75, 3.05) is 0 Å². The fraction of sp³-hybridized carbons (Fsp3) is 0. The molecular formula is C14H7Cl2N5S. The molecule has 1 aromatic carbocycles. The molecule has 3 aromatic heterocycles. The molecular weight excluding hydrogens is 341 g/mol. The molecule has 0 saturated carbocycles. The summed E-state index contributed by atoms with van der Waals surface area (Å²) in [5, 5.41) is 14.8. The molecule has 0 bridgehead atoms. The highest BCUT2D eigenvalue weighted by Crippen LogP contribution is 2.33. The normalized spacial score (nSPS) is 11.2. The number of aromatic nitrogens is 5. The third-order valence-corrected chi connectivity index (χ3v) is 4.57. The summed E-state index contributed by atoms with van der Waals surface area (Å²) in [6, 6.07) is 9.07. The second-order valence-corrected chi connectivity index (χ2v) is 6.28. The molecule has 0 aliphatic heterocycles. The van der Waals surface area contributed by atoms with Gasteiger partial charge in [-0.05, 0) is 30.3 Å². The van der Waals surface area contributed by atoms with Gasteiger partial charge in [0.05, 0.1) is 5.02 Å². The topological polar surface area (TPSA) is 56.0 Å². The van der Waals surface area contributed by atoms with Gasteiger partial charge >= 0.3 is 0 Å². The smallest absolute Gasteiger partial charge is 0.235 e. The van der Waals surface area contributed by atoms with E-state index < -0.39 is 0 Å². The first-order chi connectivity index (χ1) is 10.7. The van der Waals surface area contributed by atoms with Crippen molar-refractivity contribution in [2.24, 2.45) is 0 Å². The van der Waals surface area contributed by atoms with Gasteiger partial charge in [-0.15, -0.1) is 10.2 Å². The lowest BCUT2D eigenvalue weighted by molar-refractivity contribution is 0.970. The molecule has 4 rings (SSSR count). The van der Waals surface area contributed by atoms with Gasteiger partial charge in [0.2, 0.25) is 4.96 Å². The van der Waals surface area contributed by atoms with Crippen LogP contribution < -0.4 is 0 Å². The third kappa shape index (κ3) is 2.25. The number of hydrogen-bond acceptors (Lipinski definition) is 5. The molecule has 0 aliphatic carbocycles. The van der Waals surface area contributed by atoms with Gasteiger partial charge in [-0.1, -0.05) is 34.5 Å². The number of fused-ring (bicyclic) bond motifs is 1. The fourth-order valence-corrected chi connectivity index (χ4v) is 3.50. The van der Waals surface area contributed by atoms with Crippen molar-refractivity contribution in [3.63, 3.8) is 0 Å². The van der Waals surface area contributed by atoms with Crippen LogP contribution in [0.15, 0.2) is 42.7 Å². The molecule has 0 fully saturated rings. The van der Waals surface area contributed by atoms with E-state index in [1.54, 1.807) is 29.0 Å². The summed E-state index contributed by atoms with van der Waals surface area (Å²) in [5.74, 6) is 0.671. The summed E-state index contributed by atoms with van der Waals surface area (Å²) in [5.41, 5.74) is 1.73. The molecule has 4 aromatic rings. The molecule has 0 aliphatic rings. The summed E-state index contributed by atoms with van der Waals surface area (Å²) in [6.45, 7) is 0. The molecule has 108 valence electrons. The Balaban J connectivity index is 1.87. The van der Waals surface area contributed by atoms with Crippen molar-refractivity contribution < 1.29 is 0 Å². The Labute approximate surface area is 139 Å². The molecule has 22 heavy (non-hydrogen) atoms. The van der Waals surface area contributed by atoms with Crippen LogP contribution >= 0.6 is 34.5 Å². The quantitative estimate of drug-likeness (QED) is 0.544. The number of nitrogens with zero attached hydrogens (tertiary/aromatic N) is 5. The highest BCUT2D eigenvalue weighted by Gasteiger charge is 2.16. The van der Waals surface area contributed by atoms with Crippen molar-refractivity contribution in [1.82, 2.24) is 24.8 Å². The number of benzene rings is 1. The van der Waals surface area contributed by atoms with E-state index in [0.717, 1.165) is 16.1 Å². The zero-order chi connectivity index (χ0) is 15.1. The molecule has 3 heterocycles. The summed E-state index contributed by atoms with van der Waals surface area (Å²) < 4.78 is 1.71. The first-order valence-corrected chi connectivity index (χ1v) is 7.88. The summed E-state index contributed by atoms with van der Waals surface area (Å²) in [6.07, 6.45) is 3.42. The zero-order valence-corrected chi connectivity index (χ0v) is 13.3. The van der Waals surface area contributed by atoms with Crippen LogP contribution in [0, 0.1) is 0 Å². The Morgan fingerprint density at radius 2 is 1.82 bits per heavy atom. The average Bonchev–Trinajstić information content (AvgIpc) is 3.08. The zero-order valence-electron chi connectivity index (χ0n) is 10.9. The van der Waals surface area contributed by atoms with E-state index in [-0.39, 0.29) is 0 Å². The van der Waals surface area contributed by atoms with Gasteiger partial charge in [0, 0.05) is 28.5 Å². The minimum absolute atomic E-state index is 0.558. The largest absolute Gasteiger partial charge is 0.265 e. The Hall–Kier alpha value is -2.02. The van der Waals surface area contributed by atoms with E-state index in [2.05, 4.69) is 20.3 Å². The number of pyridine rings is 1. The number of halogens is 2. The maximum atomic E-state index is 6.24. The van der Waals surface area contributed by atoms with E-state index in [9.17, 15) is 0 Å². The standard InChI is InChI=1S/C14H7Cl2N5S/c15-9-1-2-10(11(16)7-9)13-20-21-12(18-19-14(21)22-13)8-3-5-17-6-4-8/h1-7H. The van der Waals surface area contributed by atoms with Gasteiger partial charge in [0.15, 0.2) is 5.82 Å². The van der Waals surface area contributed by atoms with Gasteiger partial charge in [-0.2, -0.15) is 9.61 Å². The van der Waals surface area contributed by atoms with E-state index in [1.807, 2.05) is 18.2 Å². The SMILES string of the molecule is Clc1ccc(-c2nn3c(-c4ccncc4)nnc3s2)c(Cl)c1. The van der Waals surface area contributed by atoms with Crippen LogP contribution in [0.25, 0.3) is 26.9 Å². The van der Waals surface area contributed by atoms with Crippen LogP contribution in [-0.4, -0.2) is 24.8 Å². The second kappa shape index (κ2) is 5.31. The van der Waals surface area contributed by atoms with E-state index in [1.165, 1.54) is 11.3 Å². The van der Waals surface area contributed by atoms with Crippen LogP contribution in [0.2, 0.25) is 10.0 Å². The predicted molar refractivity (Wildman–Crippen MR) is 87.3 cm³/mol. The Kier molecular flexibility index (Phi) is 3.29. The predicted octanol–water partition coefficient (Wildman–Crippen LogP) is 4.22. The van der Waals surface area contributed by atoms with Crippen molar-refractivity contribution >= 4 is 39.5 Å². The summed E-state index contributed by atoms with van der Waals surface area (Å²) in [4.78, 5) is 4.70. The van der Waals surface area contributed by atoms with Gasteiger partial charge in [0.1, 0.15) is 5.01 Å². The number of hydrogen-bond donors (Lipinski definition) is 0. The van der Waals surface area contributed by atoms with Crippen molar-refractivity contribution in [2.45, 2.75) is 0 Å². The average molecular weight is 348 g/mol. The Bertz CT molecular complexity index is 964. The van der Waals surface area contributed by atoms with Crippen LogP contribution in [-0.2, 0) is 0 Å². The maximum Gasteiger partial charge on any atom is 0.235 e. The molecule has 0 radical (unpaired) electrons. The molecule has 0 spiro atoms. The van der Waals surface area contributed by atoms with Gasteiger partial charge < -0.3 is 0 Å². The molecule has 8 heteroatoms. The van der Waals surface area contributed by atoms with Crippen LogP contribution in [0.4, 0.5) is 0 Å². The van der Waals surface area contributed by atoms with Crippen LogP contribution in [0.5, 0.6) is 0 Å². The third-order valence-electron chi connectivity index (χ3n) is 3.09. The Morgan fingerprint density at radius 3 is 2.59 bits per heavy atom. The first kappa shape index (κ1) is 13.6. The molecule has 0 saturated heterocycles. The van der Waals surface area contributed by atoms with E-state index in [4.69, 9.17) is 23.2 Å². The second-order valence-electron chi connectivity index (χ2n) is 4.49. The van der Waals surface area contributed by atoms with E-state index in [0.29, 0.717) is 20.8 Å². The minimum Gasteiger partial charge on any atom is -0.265 e. The van der Waals surface area contributed by atoms with E-state index >= 15 is 0 Å². The van der Waals surface area contributed by atoms with Gasteiger partial charge in [0.25, 0.3) is 0 Å². The highest BCUT2D eigenvalue weighted by molar-refractivity contribution is 7.19. The van der Waals surface area contributed by atoms with Gasteiger partial charge in [-0.25, -0.2) is 0 Å². The maximum absolute atomic E-state index is 6.24. The lowest BCUT2D eigenvalue weighted by atomic mass is 10.2. The van der Waals surface area contributed by atoms with Crippen molar-refractivity contribution in [3.8, 4) is 22.0 Å². The lowest BCUT2D eigenvalue weighted by Crippen LogP contribution is -1.91. The molecule has 0 atom stereocenters. The lowest BCUT2D eigenvalue weighted by Gasteiger charge is -2.00. The van der Waals surface area contributed by atoms with Crippen LogP contribution in [0.1, 0.15) is 0 Å². The number of rotatable bonds is 2. The molecule has 5 nitrogen and oxygen atoms in total. The van der Waals surface area contributed by atoms with Crippen LogP contribution in [0.3, 0.4) is 0 Å². The summed E-state index contributed by atoms with van der Waals surface area (Å²) >= 11 is 13.6. The molecule has 0 unspecified atom stereocenters. The van der Waals surface area contributed by atoms with Crippen molar-refractivity contribution in [1.29, 1.82) is 0 Å². The summed E-state index contributed by atoms with van der Waals surface area (Å²) in [7, 11) is 0. The molecule has 0 amide bonds. The monoisotopic (exact) mass is 347 g/mol. The van der Waals surface area contributed by atoms with Gasteiger partial charge in [-0.3, -0.25) is 4.98 Å². The fourth-order valence-electron chi connectivity index (χ4n) is 2.07. The highest BCUT2D eigenvalue weighted by atomic mass is 35.5. The minimum atomic E-state index is 0.558. The molecule has 0 N–H and O–H groups in total. The van der Waals surface area contributed by atoms with Crippen molar-refractivity contribution in [3.05, 3.63) is 52.8 Å².